The highest BCUT2D eigenvalue weighted by atomic mass is 16.6. The van der Waals surface area contributed by atoms with E-state index in [2.05, 4.69) is 0 Å². The van der Waals surface area contributed by atoms with E-state index in [1.165, 1.54) is 0 Å². The number of hydrogen-bond donors (Lipinski definition) is 1. The zero-order chi connectivity index (χ0) is 13.2. The molecule has 0 bridgehead atoms. The highest BCUT2D eigenvalue weighted by Gasteiger charge is 2.48. The first-order valence-electron chi connectivity index (χ1n) is 6.50. The zero-order valence-corrected chi connectivity index (χ0v) is 10.6. The van der Waals surface area contributed by atoms with Gasteiger partial charge >= 0.3 is 6.09 Å². The van der Waals surface area contributed by atoms with Gasteiger partial charge in [-0.25, -0.2) is 4.79 Å². The standard InChI is InChI=1S/C14H17NO4/c16-13-6-11(15-12(13)9-19-14(15)17)8-18-7-10-4-2-1-3-5-10/h1-5,11-13,16H,6-9H2/t11-,12+,13-/m1/s1. The van der Waals surface area contributed by atoms with Gasteiger partial charge in [-0.2, -0.15) is 0 Å². The van der Waals surface area contributed by atoms with E-state index >= 15 is 0 Å². The largest absolute Gasteiger partial charge is 0.447 e. The van der Waals surface area contributed by atoms with E-state index in [9.17, 15) is 9.90 Å². The fraction of sp³-hybridized carbons (Fsp3) is 0.500. The molecule has 0 radical (unpaired) electrons. The van der Waals surface area contributed by atoms with Crippen LogP contribution in [0.15, 0.2) is 30.3 Å². The Labute approximate surface area is 111 Å². The second-order valence-corrected chi connectivity index (χ2v) is 5.01. The number of carbonyl (C=O) groups is 1. The molecule has 1 amide bonds. The van der Waals surface area contributed by atoms with Crippen molar-refractivity contribution in [1.82, 2.24) is 4.90 Å². The predicted octanol–water partition coefficient (Wildman–Crippen LogP) is 1.16. The number of rotatable bonds is 4. The molecule has 2 aliphatic rings. The van der Waals surface area contributed by atoms with Crippen molar-refractivity contribution in [3.8, 4) is 0 Å². The quantitative estimate of drug-likeness (QED) is 0.885. The van der Waals surface area contributed by atoms with Gasteiger partial charge < -0.3 is 14.6 Å². The monoisotopic (exact) mass is 263 g/mol. The summed E-state index contributed by atoms with van der Waals surface area (Å²) in [6.07, 6.45) is -0.277. The first kappa shape index (κ1) is 12.4. The lowest BCUT2D eigenvalue weighted by atomic mass is 10.1. The third-order valence-electron chi connectivity index (χ3n) is 3.72. The molecule has 3 atom stereocenters. The van der Waals surface area contributed by atoms with Crippen LogP contribution in [0.2, 0.25) is 0 Å². The number of benzene rings is 1. The number of hydrogen-bond acceptors (Lipinski definition) is 4. The minimum Gasteiger partial charge on any atom is -0.447 e. The summed E-state index contributed by atoms with van der Waals surface area (Å²) in [5, 5.41) is 9.87. The molecular weight excluding hydrogens is 246 g/mol. The van der Waals surface area contributed by atoms with Crippen molar-refractivity contribution in [2.24, 2.45) is 0 Å². The van der Waals surface area contributed by atoms with Gasteiger partial charge in [-0.15, -0.1) is 0 Å². The van der Waals surface area contributed by atoms with E-state index in [1.54, 1.807) is 4.90 Å². The van der Waals surface area contributed by atoms with Gasteiger partial charge in [0.1, 0.15) is 6.61 Å². The minimum atomic E-state index is -0.503. The molecular formula is C14H17NO4. The summed E-state index contributed by atoms with van der Waals surface area (Å²) >= 11 is 0. The predicted molar refractivity (Wildman–Crippen MR) is 67.5 cm³/mol. The Morgan fingerprint density at radius 3 is 2.95 bits per heavy atom. The first-order valence-corrected chi connectivity index (χ1v) is 6.50. The van der Waals surface area contributed by atoms with Crippen LogP contribution in [0.4, 0.5) is 4.79 Å². The molecule has 0 aromatic heterocycles. The fourth-order valence-corrected chi connectivity index (χ4v) is 2.75. The van der Waals surface area contributed by atoms with Crippen molar-refractivity contribution in [3.05, 3.63) is 35.9 Å². The van der Waals surface area contributed by atoms with Crippen LogP contribution >= 0.6 is 0 Å². The lowest BCUT2D eigenvalue weighted by molar-refractivity contribution is 0.0698. The van der Waals surface area contributed by atoms with Gasteiger partial charge in [0.15, 0.2) is 0 Å². The topological polar surface area (TPSA) is 59.0 Å². The van der Waals surface area contributed by atoms with Gasteiger partial charge in [0.05, 0.1) is 31.4 Å². The average molecular weight is 263 g/mol. The Balaban J connectivity index is 1.54. The van der Waals surface area contributed by atoms with E-state index in [-0.39, 0.29) is 24.8 Å². The molecule has 1 aromatic carbocycles. The summed E-state index contributed by atoms with van der Waals surface area (Å²) in [6, 6.07) is 9.60. The molecule has 1 aromatic rings. The van der Waals surface area contributed by atoms with Crippen LogP contribution in [0, 0.1) is 0 Å². The van der Waals surface area contributed by atoms with Crippen molar-refractivity contribution in [1.29, 1.82) is 0 Å². The molecule has 5 heteroatoms. The molecule has 2 saturated heterocycles. The van der Waals surface area contributed by atoms with Crippen LogP contribution in [0.1, 0.15) is 12.0 Å². The van der Waals surface area contributed by atoms with Crippen molar-refractivity contribution >= 4 is 6.09 Å². The lowest BCUT2D eigenvalue weighted by Gasteiger charge is -2.20. The maximum Gasteiger partial charge on any atom is 0.410 e. The maximum absolute atomic E-state index is 11.6. The number of aliphatic hydroxyl groups is 1. The lowest BCUT2D eigenvalue weighted by Crippen LogP contribution is -2.39. The van der Waals surface area contributed by atoms with Crippen LogP contribution < -0.4 is 0 Å². The highest BCUT2D eigenvalue weighted by molar-refractivity contribution is 5.71. The molecule has 0 saturated carbocycles. The summed E-state index contributed by atoms with van der Waals surface area (Å²) in [6.45, 7) is 1.23. The van der Waals surface area contributed by atoms with E-state index in [4.69, 9.17) is 9.47 Å². The minimum absolute atomic E-state index is 0.0845. The Bertz CT molecular complexity index is 450. The molecule has 0 aliphatic carbocycles. The number of aliphatic hydroxyl groups excluding tert-OH is 1. The molecule has 0 unspecified atom stereocenters. The van der Waals surface area contributed by atoms with Crippen molar-refractivity contribution in [2.75, 3.05) is 13.2 Å². The molecule has 2 heterocycles. The van der Waals surface area contributed by atoms with Crippen LogP contribution in [-0.4, -0.2) is 47.5 Å². The number of nitrogens with zero attached hydrogens (tertiary/aromatic N) is 1. The van der Waals surface area contributed by atoms with E-state index in [1.807, 2.05) is 30.3 Å². The average Bonchev–Trinajstić information content (AvgIpc) is 2.94. The highest BCUT2D eigenvalue weighted by Crippen LogP contribution is 2.30. The number of carbonyl (C=O) groups excluding carboxylic acids is 1. The van der Waals surface area contributed by atoms with Crippen LogP contribution in [0.3, 0.4) is 0 Å². The third-order valence-corrected chi connectivity index (χ3v) is 3.72. The fourth-order valence-electron chi connectivity index (χ4n) is 2.75. The van der Waals surface area contributed by atoms with Crippen molar-refractivity contribution in [3.63, 3.8) is 0 Å². The van der Waals surface area contributed by atoms with Gasteiger partial charge in [-0.05, 0) is 12.0 Å². The second kappa shape index (κ2) is 5.19. The molecule has 2 aliphatic heterocycles. The number of cyclic esters (lactones) is 1. The Morgan fingerprint density at radius 2 is 2.16 bits per heavy atom. The summed E-state index contributed by atoms with van der Waals surface area (Å²) in [7, 11) is 0. The Kier molecular flexibility index (Phi) is 3.40. The molecule has 102 valence electrons. The summed E-state index contributed by atoms with van der Waals surface area (Å²) < 4.78 is 10.6. The molecule has 2 fully saturated rings. The molecule has 0 spiro atoms. The normalized spacial score (nSPS) is 29.4. The molecule has 1 N–H and O–H groups in total. The van der Waals surface area contributed by atoms with Gasteiger partial charge in [-0.3, -0.25) is 4.90 Å². The van der Waals surface area contributed by atoms with Gasteiger partial charge in [0.2, 0.25) is 0 Å². The Morgan fingerprint density at radius 1 is 1.37 bits per heavy atom. The van der Waals surface area contributed by atoms with Crippen LogP contribution in [-0.2, 0) is 16.1 Å². The van der Waals surface area contributed by atoms with Crippen LogP contribution in [0.25, 0.3) is 0 Å². The first-order chi connectivity index (χ1) is 9.25. The maximum atomic E-state index is 11.6. The van der Waals surface area contributed by atoms with E-state index in [0.29, 0.717) is 19.6 Å². The van der Waals surface area contributed by atoms with Gasteiger partial charge in [-0.1, -0.05) is 30.3 Å². The summed E-state index contributed by atoms with van der Waals surface area (Å²) in [5.74, 6) is 0. The number of fused-ring (bicyclic) bond motifs is 1. The van der Waals surface area contributed by atoms with Crippen LogP contribution in [0.5, 0.6) is 0 Å². The Hall–Kier alpha value is -1.59. The van der Waals surface area contributed by atoms with Gasteiger partial charge in [0.25, 0.3) is 0 Å². The third kappa shape index (κ3) is 2.43. The van der Waals surface area contributed by atoms with E-state index in [0.717, 1.165) is 5.56 Å². The smallest absolute Gasteiger partial charge is 0.410 e. The summed E-state index contributed by atoms with van der Waals surface area (Å²) in [5.41, 5.74) is 1.10. The molecule has 3 rings (SSSR count). The van der Waals surface area contributed by atoms with Gasteiger partial charge in [0, 0.05) is 0 Å². The number of ether oxygens (including phenoxy) is 2. The summed E-state index contributed by atoms with van der Waals surface area (Å²) in [4.78, 5) is 13.2. The second-order valence-electron chi connectivity index (χ2n) is 5.01. The zero-order valence-electron chi connectivity index (χ0n) is 10.6. The van der Waals surface area contributed by atoms with Crippen molar-refractivity contribution in [2.45, 2.75) is 31.2 Å². The number of amides is 1. The van der Waals surface area contributed by atoms with E-state index < -0.39 is 6.10 Å². The SMILES string of the molecule is O=C1OC[C@H]2[C@H](O)C[C@H](COCc3ccccc3)N12. The van der Waals surface area contributed by atoms with Crippen molar-refractivity contribution < 1.29 is 19.4 Å². The molecule has 5 nitrogen and oxygen atoms in total. The molecule has 19 heavy (non-hydrogen) atoms.